The summed E-state index contributed by atoms with van der Waals surface area (Å²) in [6.07, 6.45) is -4.73. The summed E-state index contributed by atoms with van der Waals surface area (Å²) in [5, 5.41) is 5.52. The van der Waals surface area contributed by atoms with E-state index in [9.17, 15) is 18.0 Å². The predicted octanol–water partition coefficient (Wildman–Crippen LogP) is 4.03. The molecule has 0 spiro atoms. The van der Waals surface area contributed by atoms with E-state index in [1.54, 1.807) is 24.3 Å². The van der Waals surface area contributed by atoms with E-state index >= 15 is 0 Å². The summed E-state index contributed by atoms with van der Waals surface area (Å²) in [5.74, 6) is -0.0806. The lowest BCUT2D eigenvalue weighted by Crippen LogP contribution is -2.22. The van der Waals surface area contributed by atoms with Gasteiger partial charge in [0.2, 0.25) is 5.91 Å². The van der Waals surface area contributed by atoms with Crippen LogP contribution in [0.2, 0.25) is 0 Å². The van der Waals surface area contributed by atoms with Crippen LogP contribution in [-0.2, 0) is 4.79 Å². The first-order valence-corrected chi connectivity index (χ1v) is 7.49. The number of benzene rings is 2. The molecule has 0 radical (unpaired) electrons. The fourth-order valence-corrected chi connectivity index (χ4v) is 2.00. The average molecular weight is 354 g/mol. The summed E-state index contributed by atoms with van der Waals surface area (Å²) in [4.78, 5) is 12.0. The van der Waals surface area contributed by atoms with E-state index in [-0.39, 0.29) is 18.2 Å². The van der Waals surface area contributed by atoms with Crippen LogP contribution in [0.5, 0.6) is 11.5 Å². The minimum atomic E-state index is -4.73. The van der Waals surface area contributed by atoms with E-state index in [4.69, 9.17) is 4.74 Å². The Bertz CT molecular complexity index is 703. The van der Waals surface area contributed by atoms with Crippen molar-refractivity contribution in [1.82, 2.24) is 0 Å². The molecule has 2 aromatic rings. The SMILES string of the molecule is CCOc1ccccc1NC(=O)CNc1ccc(OC(F)(F)F)cc1. The van der Waals surface area contributed by atoms with Gasteiger partial charge in [0.15, 0.2) is 0 Å². The second-order valence-electron chi connectivity index (χ2n) is 4.90. The smallest absolute Gasteiger partial charge is 0.492 e. The van der Waals surface area contributed by atoms with Gasteiger partial charge in [-0.15, -0.1) is 13.2 Å². The molecule has 0 fully saturated rings. The molecule has 5 nitrogen and oxygen atoms in total. The van der Waals surface area contributed by atoms with Gasteiger partial charge in [0.25, 0.3) is 0 Å². The summed E-state index contributed by atoms with van der Waals surface area (Å²) < 4.78 is 45.5. The maximum Gasteiger partial charge on any atom is 0.573 e. The van der Waals surface area contributed by atoms with Gasteiger partial charge >= 0.3 is 6.36 Å². The summed E-state index contributed by atoms with van der Waals surface area (Å²) in [5.41, 5.74) is 1.04. The fraction of sp³-hybridized carbons (Fsp3) is 0.235. The van der Waals surface area contributed by atoms with Crippen LogP contribution in [0.4, 0.5) is 24.5 Å². The van der Waals surface area contributed by atoms with Crippen LogP contribution in [0.15, 0.2) is 48.5 Å². The van der Waals surface area contributed by atoms with Crippen molar-refractivity contribution >= 4 is 17.3 Å². The molecule has 0 aromatic heterocycles. The standard InChI is InChI=1S/C17H17F3N2O3/c1-2-24-15-6-4-3-5-14(15)22-16(23)11-21-12-7-9-13(10-8-12)25-17(18,19)20/h3-10,21H,2,11H2,1H3,(H,22,23). The molecule has 25 heavy (non-hydrogen) atoms. The first-order chi connectivity index (χ1) is 11.9. The highest BCUT2D eigenvalue weighted by molar-refractivity contribution is 5.95. The third-order valence-corrected chi connectivity index (χ3v) is 3.00. The van der Waals surface area contributed by atoms with Crippen LogP contribution in [0.25, 0.3) is 0 Å². The highest BCUT2D eigenvalue weighted by Gasteiger charge is 2.30. The molecule has 0 atom stereocenters. The van der Waals surface area contributed by atoms with Crippen LogP contribution in [-0.4, -0.2) is 25.4 Å². The topological polar surface area (TPSA) is 59.6 Å². The number of nitrogens with one attached hydrogen (secondary N) is 2. The maximum absolute atomic E-state index is 12.1. The Morgan fingerprint density at radius 1 is 1.08 bits per heavy atom. The van der Waals surface area contributed by atoms with E-state index < -0.39 is 6.36 Å². The quantitative estimate of drug-likeness (QED) is 0.788. The number of carbonyl (C=O) groups is 1. The van der Waals surface area contributed by atoms with Gasteiger partial charge in [0, 0.05) is 5.69 Å². The van der Waals surface area contributed by atoms with Crippen molar-refractivity contribution in [3.63, 3.8) is 0 Å². The van der Waals surface area contributed by atoms with Crippen molar-refractivity contribution in [2.45, 2.75) is 13.3 Å². The molecule has 2 aromatic carbocycles. The fourth-order valence-electron chi connectivity index (χ4n) is 2.00. The number of hydrogen-bond donors (Lipinski definition) is 2. The molecule has 0 bridgehead atoms. The second-order valence-corrected chi connectivity index (χ2v) is 4.90. The van der Waals surface area contributed by atoms with Crippen molar-refractivity contribution in [1.29, 1.82) is 0 Å². The van der Waals surface area contributed by atoms with Gasteiger partial charge < -0.3 is 20.1 Å². The molecule has 134 valence electrons. The van der Waals surface area contributed by atoms with Crippen molar-refractivity contribution in [3.8, 4) is 11.5 Å². The molecule has 0 unspecified atom stereocenters. The highest BCUT2D eigenvalue weighted by Crippen LogP contribution is 2.25. The van der Waals surface area contributed by atoms with Crippen molar-refractivity contribution < 1.29 is 27.4 Å². The Balaban J connectivity index is 1.88. The summed E-state index contributed by atoms with van der Waals surface area (Å²) in [6, 6.07) is 12.1. The Morgan fingerprint density at radius 2 is 1.76 bits per heavy atom. The molecule has 0 aliphatic rings. The molecule has 0 saturated heterocycles. The summed E-state index contributed by atoms with van der Waals surface area (Å²) in [7, 11) is 0. The van der Waals surface area contributed by atoms with Crippen molar-refractivity contribution in [2.75, 3.05) is 23.8 Å². The normalized spacial score (nSPS) is 10.9. The van der Waals surface area contributed by atoms with Gasteiger partial charge in [-0.25, -0.2) is 0 Å². The minimum Gasteiger partial charge on any atom is -0.492 e. The van der Waals surface area contributed by atoms with Crippen LogP contribution in [0.1, 0.15) is 6.92 Å². The number of rotatable bonds is 7. The van der Waals surface area contributed by atoms with Gasteiger partial charge in [-0.05, 0) is 43.3 Å². The summed E-state index contributed by atoms with van der Waals surface area (Å²) >= 11 is 0. The van der Waals surface area contributed by atoms with Gasteiger partial charge in [-0.1, -0.05) is 12.1 Å². The Kier molecular flexibility index (Phi) is 6.10. The third kappa shape index (κ3) is 6.25. The molecule has 0 saturated carbocycles. The van der Waals surface area contributed by atoms with Gasteiger partial charge in [-0.3, -0.25) is 4.79 Å². The lowest BCUT2D eigenvalue weighted by molar-refractivity contribution is -0.274. The number of ether oxygens (including phenoxy) is 2. The lowest BCUT2D eigenvalue weighted by atomic mass is 10.3. The van der Waals surface area contributed by atoms with Crippen LogP contribution in [0.3, 0.4) is 0 Å². The Morgan fingerprint density at radius 3 is 2.40 bits per heavy atom. The van der Waals surface area contributed by atoms with E-state index in [0.717, 1.165) is 12.1 Å². The molecular formula is C17H17F3N2O3. The lowest BCUT2D eigenvalue weighted by Gasteiger charge is -2.12. The Hall–Kier alpha value is -2.90. The van der Waals surface area contributed by atoms with Gasteiger partial charge in [0.1, 0.15) is 11.5 Å². The average Bonchev–Trinajstić information content (AvgIpc) is 2.55. The molecule has 1 amide bonds. The largest absolute Gasteiger partial charge is 0.573 e. The second kappa shape index (κ2) is 8.27. The first kappa shape index (κ1) is 18.4. The van der Waals surface area contributed by atoms with Crippen LogP contribution >= 0.6 is 0 Å². The van der Waals surface area contributed by atoms with Crippen molar-refractivity contribution in [2.24, 2.45) is 0 Å². The first-order valence-electron chi connectivity index (χ1n) is 7.49. The molecule has 8 heteroatoms. The zero-order valence-electron chi connectivity index (χ0n) is 13.4. The number of para-hydroxylation sites is 2. The number of carbonyl (C=O) groups excluding carboxylic acids is 1. The van der Waals surface area contributed by atoms with E-state index in [1.807, 2.05) is 6.92 Å². The van der Waals surface area contributed by atoms with Crippen molar-refractivity contribution in [3.05, 3.63) is 48.5 Å². The monoisotopic (exact) mass is 354 g/mol. The molecule has 0 aliphatic heterocycles. The van der Waals surface area contributed by atoms with E-state index in [2.05, 4.69) is 15.4 Å². The van der Waals surface area contributed by atoms with Gasteiger partial charge in [0.05, 0.1) is 18.8 Å². The van der Waals surface area contributed by atoms with Gasteiger partial charge in [-0.2, -0.15) is 0 Å². The van der Waals surface area contributed by atoms with E-state index in [1.165, 1.54) is 12.1 Å². The Labute approximate surface area is 142 Å². The molecule has 2 N–H and O–H groups in total. The number of alkyl halides is 3. The summed E-state index contributed by atoms with van der Waals surface area (Å²) in [6.45, 7) is 2.25. The molecule has 0 heterocycles. The highest BCUT2D eigenvalue weighted by atomic mass is 19.4. The third-order valence-electron chi connectivity index (χ3n) is 3.00. The number of amides is 1. The molecule has 0 aliphatic carbocycles. The molecular weight excluding hydrogens is 337 g/mol. The zero-order valence-corrected chi connectivity index (χ0v) is 13.4. The van der Waals surface area contributed by atoms with E-state index in [0.29, 0.717) is 23.7 Å². The maximum atomic E-state index is 12.1. The number of halogens is 3. The minimum absolute atomic E-state index is 0.0556. The zero-order chi connectivity index (χ0) is 18.3. The van der Waals surface area contributed by atoms with Crippen LogP contribution < -0.4 is 20.1 Å². The number of hydrogen-bond acceptors (Lipinski definition) is 4. The molecule has 2 rings (SSSR count). The number of anilines is 2. The predicted molar refractivity (Wildman–Crippen MR) is 87.9 cm³/mol. The van der Waals surface area contributed by atoms with Crippen LogP contribution in [0, 0.1) is 0 Å².